The van der Waals surface area contributed by atoms with Crippen molar-refractivity contribution in [1.82, 2.24) is 9.80 Å². The quantitative estimate of drug-likeness (QED) is 0.770. The molecule has 6 nitrogen and oxygen atoms in total. The van der Waals surface area contributed by atoms with Crippen LogP contribution in [0, 0.1) is 11.3 Å². The van der Waals surface area contributed by atoms with Gasteiger partial charge < -0.3 is 9.47 Å². The zero-order valence-electron chi connectivity index (χ0n) is 16.3. The largest absolute Gasteiger partial charge is 0.493 e. The predicted molar refractivity (Wildman–Crippen MR) is 108 cm³/mol. The van der Waals surface area contributed by atoms with Gasteiger partial charge in [0.1, 0.15) is 0 Å². The fourth-order valence-electron chi connectivity index (χ4n) is 4.43. The third kappa shape index (κ3) is 3.36. The summed E-state index contributed by atoms with van der Waals surface area (Å²) in [5.74, 6) is 1.94. The van der Waals surface area contributed by atoms with Crippen LogP contribution in [-0.2, 0) is 4.79 Å². The average molecular weight is 400 g/mol. The zero-order valence-corrected chi connectivity index (χ0v) is 17.1. The lowest BCUT2D eigenvalue weighted by atomic mass is 9.86. The highest BCUT2D eigenvalue weighted by molar-refractivity contribution is 8.03. The lowest BCUT2D eigenvalue weighted by Gasteiger charge is -2.43. The number of rotatable bonds is 4. The van der Waals surface area contributed by atoms with E-state index in [9.17, 15) is 10.1 Å². The van der Waals surface area contributed by atoms with Crippen molar-refractivity contribution >= 4 is 17.7 Å². The lowest BCUT2D eigenvalue weighted by Crippen LogP contribution is -2.50. The molecule has 1 atom stereocenters. The molecule has 2 heterocycles. The topological polar surface area (TPSA) is 65.8 Å². The third-order valence-corrected chi connectivity index (χ3v) is 7.14. The fourth-order valence-corrected chi connectivity index (χ4v) is 5.67. The molecule has 4 rings (SSSR count). The summed E-state index contributed by atoms with van der Waals surface area (Å²) in [6.07, 6.45) is 5.27. The van der Waals surface area contributed by atoms with Gasteiger partial charge in [-0.1, -0.05) is 30.7 Å². The van der Waals surface area contributed by atoms with Crippen molar-refractivity contribution in [2.45, 2.75) is 44.1 Å². The molecule has 1 aromatic rings. The molecule has 3 aliphatic rings. The monoisotopic (exact) mass is 399 g/mol. The van der Waals surface area contributed by atoms with E-state index >= 15 is 0 Å². The van der Waals surface area contributed by atoms with E-state index in [1.54, 1.807) is 26.0 Å². The summed E-state index contributed by atoms with van der Waals surface area (Å²) < 4.78 is 10.7. The number of carbonyl (C=O) groups is 1. The Morgan fingerprint density at radius 2 is 1.93 bits per heavy atom. The first-order valence-corrected chi connectivity index (χ1v) is 10.7. The number of ether oxygens (including phenoxy) is 2. The highest BCUT2D eigenvalue weighted by Gasteiger charge is 2.40. The molecule has 7 heteroatoms. The van der Waals surface area contributed by atoms with Crippen molar-refractivity contribution in [2.24, 2.45) is 0 Å². The van der Waals surface area contributed by atoms with Crippen molar-refractivity contribution in [3.8, 4) is 17.6 Å². The molecular weight excluding hydrogens is 374 g/mol. The Bertz CT molecular complexity index is 842. The van der Waals surface area contributed by atoms with E-state index in [0.29, 0.717) is 36.2 Å². The van der Waals surface area contributed by atoms with Crippen molar-refractivity contribution in [2.75, 3.05) is 26.8 Å². The van der Waals surface area contributed by atoms with E-state index in [1.807, 2.05) is 23.1 Å². The first-order chi connectivity index (χ1) is 13.7. The van der Waals surface area contributed by atoms with Crippen LogP contribution in [0.2, 0.25) is 0 Å². The molecule has 0 spiro atoms. The van der Waals surface area contributed by atoms with Crippen molar-refractivity contribution in [1.29, 1.82) is 5.26 Å². The van der Waals surface area contributed by atoms with Crippen molar-refractivity contribution < 1.29 is 14.3 Å². The van der Waals surface area contributed by atoms with Gasteiger partial charge in [-0.25, -0.2) is 0 Å². The van der Waals surface area contributed by atoms with Crippen LogP contribution in [0.4, 0.5) is 0 Å². The molecule has 1 amide bonds. The minimum atomic E-state index is -0.242. The standard InChI is InChI=1S/C21H25N3O3S/c1-26-18-8-7-14(9-19(18)27-2)16-10-20(25)24-12-23(15-5-3-4-6-15)13-28-21(24)17(16)11-22/h7-9,15-16H,3-6,10,12-13H2,1-2H3/t16-/m0/s1. The summed E-state index contributed by atoms with van der Waals surface area (Å²) in [6.45, 7) is 0.607. The Balaban J connectivity index is 1.64. The predicted octanol–water partition coefficient (Wildman–Crippen LogP) is 3.66. The van der Waals surface area contributed by atoms with Crippen LogP contribution in [0.1, 0.15) is 43.6 Å². The Morgan fingerprint density at radius 3 is 2.61 bits per heavy atom. The van der Waals surface area contributed by atoms with Gasteiger partial charge >= 0.3 is 0 Å². The van der Waals surface area contributed by atoms with Crippen molar-refractivity contribution in [3.63, 3.8) is 0 Å². The highest BCUT2D eigenvalue weighted by Crippen LogP contribution is 2.44. The number of thioether (sulfide) groups is 1. The number of amides is 1. The maximum atomic E-state index is 13.0. The Kier molecular flexibility index (Phi) is 5.51. The van der Waals surface area contributed by atoms with Crippen LogP contribution in [0.25, 0.3) is 0 Å². The van der Waals surface area contributed by atoms with Gasteiger partial charge in [-0.3, -0.25) is 14.6 Å². The number of hydrogen-bond acceptors (Lipinski definition) is 6. The maximum absolute atomic E-state index is 13.0. The summed E-state index contributed by atoms with van der Waals surface area (Å²) in [4.78, 5) is 17.2. The summed E-state index contributed by atoms with van der Waals surface area (Å²) >= 11 is 1.63. The molecule has 1 aliphatic carbocycles. The van der Waals surface area contributed by atoms with Crippen LogP contribution in [0.5, 0.6) is 11.5 Å². The van der Waals surface area contributed by atoms with Crippen LogP contribution in [0.15, 0.2) is 28.8 Å². The Labute approximate surface area is 170 Å². The summed E-state index contributed by atoms with van der Waals surface area (Å²) in [6, 6.07) is 8.60. The average Bonchev–Trinajstić information content (AvgIpc) is 3.28. The molecule has 0 N–H and O–H groups in total. The zero-order chi connectivity index (χ0) is 19.7. The smallest absolute Gasteiger partial charge is 0.229 e. The first kappa shape index (κ1) is 19.2. The number of carbonyl (C=O) groups excluding carboxylic acids is 1. The second-order valence-corrected chi connectivity index (χ2v) is 8.40. The van der Waals surface area contributed by atoms with E-state index in [1.165, 1.54) is 25.7 Å². The van der Waals surface area contributed by atoms with E-state index in [-0.39, 0.29) is 11.8 Å². The van der Waals surface area contributed by atoms with Crippen LogP contribution >= 0.6 is 11.8 Å². The molecule has 0 unspecified atom stereocenters. The van der Waals surface area contributed by atoms with Gasteiger partial charge in [-0.2, -0.15) is 5.26 Å². The van der Waals surface area contributed by atoms with Gasteiger partial charge in [0.05, 0.1) is 43.4 Å². The van der Waals surface area contributed by atoms with Gasteiger partial charge in [0.25, 0.3) is 0 Å². The highest BCUT2D eigenvalue weighted by atomic mass is 32.2. The SMILES string of the molecule is COc1ccc([C@@H]2CC(=O)N3CN(C4CCCC4)CSC3=C2C#N)cc1OC. The number of nitriles is 1. The van der Waals surface area contributed by atoms with E-state index in [4.69, 9.17) is 9.47 Å². The number of fused-ring (bicyclic) bond motifs is 1. The first-order valence-electron chi connectivity index (χ1n) is 9.69. The van der Waals surface area contributed by atoms with Crippen LogP contribution in [-0.4, -0.2) is 48.5 Å². The summed E-state index contributed by atoms with van der Waals surface area (Å²) in [7, 11) is 3.19. The molecule has 2 fully saturated rings. The molecule has 1 saturated carbocycles. The number of benzene rings is 1. The van der Waals surface area contributed by atoms with E-state index in [0.717, 1.165) is 16.5 Å². The second kappa shape index (κ2) is 8.06. The van der Waals surface area contributed by atoms with E-state index < -0.39 is 0 Å². The van der Waals surface area contributed by atoms with Gasteiger partial charge in [-0.15, -0.1) is 0 Å². The molecule has 0 radical (unpaired) electrons. The third-order valence-electron chi connectivity index (χ3n) is 5.97. The number of allylic oxidation sites excluding steroid dienone is 1. The van der Waals surface area contributed by atoms with Crippen molar-refractivity contribution in [3.05, 3.63) is 34.4 Å². The molecular formula is C21H25N3O3S. The molecule has 1 saturated heterocycles. The molecule has 2 aliphatic heterocycles. The molecule has 1 aromatic carbocycles. The maximum Gasteiger partial charge on any atom is 0.229 e. The second-order valence-electron chi connectivity index (χ2n) is 7.47. The number of hydrogen-bond donors (Lipinski definition) is 0. The lowest BCUT2D eigenvalue weighted by molar-refractivity contribution is -0.132. The van der Waals surface area contributed by atoms with Crippen LogP contribution in [0.3, 0.4) is 0 Å². The summed E-state index contributed by atoms with van der Waals surface area (Å²) in [5, 5.41) is 10.8. The Morgan fingerprint density at radius 1 is 1.18 bits per heavy atom. The normalized spacial score (nSPS) is 23.5. The molecule has 0 bridgehead atoms. The molecule has 28 heavy (non-hydrogen) atoms. The van der Waals surface area contributed by atoms with Crippen LogP contribution < -0.4 is 9.47 Å². The summed E-state index contributed by atoms with van der Waals surface area (Å²) in [5.41, 5.74) is 1.59. The minimum Gasteiger partial charge on any atom is -0.493 e. The van der Waals surface area contributed by atoms with Gasteiger partial charge in [0, 0.05) is 18.4 Å². The molecule has 0 aromatic heterocycles. The minimum absolute atomic E-state index is 0.0870. The number of methoxy groups -OCH3 is 2. The van der Waals surface area contributed by atoms with E-state index in [2.05, 4.69) is 11.0 Å². The van der Waals surface area contributed by atoms with Gasteiger partial charge in [0.2, 0.25) is 5.91 Å². The fraction of sp³-hybridized carbons (Fsp3) is 0.524. The molecule has 148 valence electrons. The Hall–Kier alpha value is -2.17. The van der Waals surface area contributed by atoms with Gasteiger partial charge in [-0.05, 0) is 30.5 Å². The number of nitrogens with zero attached hydrogens (tertiary/aromatic N) is 3. The van der Waals surface area contributed by atoms with Gasteiger partial charge in [0.15, 0.2) is 11.5 Å².